The first-order valence-electron chi connectivity index (χ1n) is 17.6. The first-order chi connectivity index (χ1) is 25.1. The largest absolute Gasteiger partial charge is 0.489 e. The minimum Gasteiger partial charge on any atom is -0.489 e. The van der Waals surface area contributed by atoms with Gasteiger partial charge >= 0.3 is 0 Å². The number of rotatable bonds is 11. The lowest BCUT2D eigenvalue weighted by molar-refractivity contribution is 0.235. The van der Waals surface area contributed by atoms with Crippen LogP contribution in [0.25, 0.3) is 4.96 Å². The van der Waals surface area contributed by atoms with Gasteiger partial charge < -0.3 is 19.4 Å². The minimum absolute atomic E-state index is 0.0962. The molecule has 0 unspecified atom stereocenters. The molecule has 1 N–H and O–H groups in total. The molecule has 6 aromatic rings. The molecule has 1 fully saturated rings. The van der Waals surface area contributed by atoms with E-state index >= 15 is 0 Å². The molecule has 0 spiro atoms. The molecule has 3 aromatic carbocycles. The van der Waals surface area contributed by atoms with Gasteiger partial charge in [-0.2, -0.15) is 0 Å². The molecule has 2 atom stereocenters. The number of likely N-dealkylation sites (N-methyl/N-ethyl adjacent to an activating group) is 1. The zero-order valence-electron chi connectivity index (χ0n) is 30.0. The number of fused-ring (bicyclic) bond motifs is 1. The molecule has 0 aliphatic carbocycles. The number of piperidine rings is 1. The molecule has 1 saturated heterocycles. The van der Waals surface area contributed by atoms with Gasteiger partial charge in [0.05, 0.1) is 12.3 Å². The third-order valence-corrected chi connectivity index (χ3v) is 16.3. The van der Waals surface area contributed by atoms with Crippen molar-refractivity contribution in [1.82, 2.24) is 19.3 Å². The lowest BCUT2D eigenvalue weighted by atomic mass is 9.88. The van der Waals surface area contributed by atoms with Crippen molar-refractivity contribution < 1.29 is 9.16 Å². The second kappa shape index (κ2) is 15.5. The maximum atomic E-state index is 12.8. The fourth-order valence-electron chi connectivity index (χ4n) is 7.39. The van der Waals surface area contributed by atoms with Gasteiger partial charge in [0.1, 0.15) is 22.6 Å². The molecule has 1 aliphatic rings. The van der Waals surface area contributed by atoms with Crippen LogP contribution in [-0.2, 0) is 17.6 Å². The number of ether oxygens (including phenoxy) is 1. The van der Waals surface area contributed by atoms with Crippen LogP contribution in [0.15, 0.2) is 124 Å². The van der Waals surface area contributed by atoms with Gasteiger partial charge in [-0.3, -0.25) is 14.2 Å². The quantitative estimate of drug-likeness (QED) is 0.137. The number of aromatic nitrogens is 3. The summed E-state index contributed by atoms with van der Waals surface area (Å²) in [7, 11) is -0.509. The van der Waals surface area contributed by atoms with Crippen molar-refractivity contribution in [3.63, 3.8) is 0 Å². The van der Waals surface area contributed by atoms with Crippen LogP contribution in [0.4, 0.5) is 5.82 Å². The first-order valence-corrected chi connectivity index (χ1v) is 21.2. The van der Waals surface area contributed by atoms with Crippen molar-refractivity contribution in [2.24, 2.45) is 0 Å². The van der Waals surface area contributed by atoms with Gasteiger partial charge in [-0.1, -0.05) is 99.6 Å². The normalized spacial score (nSPS) is 16.9. The van der Waals surface area contributed by atoms with Crippen LogP contribution in [0.3, 0.4) is 0 Å². The molecule has 1 aliphatic heterocycles. The summed E-state index contributed by atoms with van der Waals surface area (Å²) in [5, 5.41) is 7.84. The summed E-state index contributed by atoms with van der Waals surface area (Å²) in [4.78, 5) is 25.3. The highest BCUT2D eigenvalue weighted by Crippen LogP contribution is 2.37. The van der Waals surface area contributed by atoms with E-state index in [1.165, 1.54) is 27.3 Å². The summed E-state index contributed by atoms with van der Waals surface area (Å²) in [5.74, 6) is 1.75. The van der Waals surface area contributed by atoms with Crippen molar-refractivity contribution in [3.05, 3.63) is 146 Å². The molecule has 0 radical (unpaired) electrons. The van der Waals surface area contributed by atoms with Gasteiger partial charge in [0.15, 0.2) is 4.96 Å². The maximum Gasteiger partial charge on any atom is 0.275 e. The number of halogens is 1. The third-order valence-electron chi connectivity index (χ3n) is 9.88. The molecule has 0 amide bonds. The van der Waals surface area contributed by atoms with Crippen LogP contribution >= 0.6 is 27.3 Å². The average Bonchev–Trinajstić information content (AvgIpc) is 3.63. The van der Waals surface area contributed by atoms with E-state index < -0.39 is 8.32 Å². The Kier molecular flexibility index (Phi) is 10.8. The fourth-order valence-corrected chi connectivity index (χ4v) is 13.0. The molecular weight excluding hydrogens is 751 g/mol. The lowest BCUT2D eigenvalue weighted by Gasteiger charge is -2.43. The molecule has 8 nitrogen and oxygen atoms in total. The Balaban J connectivity index is 0.973. The molecule has 52 heavy (non-hydrogen) atoms. The highest BCUT2D eigenvalue weighted by atomic mass is 79.9. The lowest BCUT2D eigenvalue weighted by Crippen LogP contribution is -2.66. The zero-order valence-corrected chi connectivity index (χ0v) is 33.4. The number of nitrogens with zero attached hydrogens (tertiary/aromatic N) is 4. The highest BCUT2D eigenvalue weighted by molar-refractivity contribution is 9.10. The second-order valence-electron chi connectivity index (χ2n) is 14.6. The predicted molar refractivity (Wildman–Crippen MR) is 217 cm³/mol. The third kappa shape index (κ3) is 7.65. The summed E-state index contributed by atoms with van der Waals surface area (Å²) in [6.45, 7) is 9.55. The van der Waals surface area contributed by atoms with Crippen LogP contribution in [-0.4, -0.2) is 53.8 Å². The molecule has 0 saturated carbocycles. The van der Waals surface area contributed by atoms with E-state index in [2.05, 4.69) is 145 Å². The number of likely N-dealkylation sites (tertiary alicyclic amines) is 1. The number of hydrogen-bond acceptors (Lipinski definition) is 8. The number of hydrogen-bond donors (Lipinski definition) is 1. The molecule has 268 valence electrons. The standard InChI is InChI=1S/C41H44BrN5O3SSi/c1-41(2,3)52(35-11-7-5-8-12-35,36-13-9-6-10-14-36)50-28-32-18-15-29(24-43-32)27-49-34-19-16-30(17-20-34)31-23-33(26-46(4)25-31)44-38-37(42)39(48)47-21-22-51-40(47)45-38/h5-22,24,31,33,44H,23,25-28H2,1-4H3/t31-,33+/m0/s1. The van der Waals surface area contributed by atoms with Crippen LogP contribution in [0.1, 0.15) is 49.9 Å². The van der Waals surface area contributed by atoms with Crippen LogP contribution < -0.4 is 26.0 Å². The van der Waals surface area contributed by atoms with E-state index in [1.807, 2.05) is 17.6 Å². The van der Waals surface area contributed by atoms with Crippen LogP contribution in [0.2, 0.25) is 5.04 Å². The Morgan fingerprint density at radius 3 is 2.25 bits per heavy atom. The Morgan fingerprint density at radius 2 is 1.62 bits per heavy atom. The van der Waals surface area contributed by atoms with Gasteiger partial charge in [-0.05, 0) is 74.5 Å². The Hall–Kier alpha value is -4.13. The van der Waals surface area contributed by atoms with Crippen molar-refractivity contribution in [2.75, 3.05) is 25.5 Å². The van der Waals surface area contributed by atoms with Crippen LogP contribution in [0, 0.1) is 0 Å². The van der Waals surface area contributed by atoms with Gasteiger partial charge in [0, 0.05) is 42.5 Å². The molecule has 7 rings (SSSR count). The summed E-state index contributed by atoms with van der Waals surface area (Å²) in [6, 6.07) is 34.1. The summed E-state index contributed by atoms with van der Waals surface area (Å²) >= 11 is 4.93. The van der Waals surface area contributed by atoms with E-state index in [0.29, 0.717) is 34.4 Å². The van der Waals surface area contributed by atoms with Crippen molar-refractivity contribution >= 4 is 56.7 Å². The Morgan fingerprint density at radius 1 is 0.923 bits per heavy atom. The smallest absolute Gasteiger partial charge is 0.275 e. The molecule has 11 heteroatoms. The summed E-state index contributed by atoms with van der Waals surface area (Å²) < 4.78 is 15.3. The number of pyridine rings is 1. The van der Waals surface area contributed by atoms with Crippen molar-refractivity contribution in [1.29, 1.82) is 0 Å². The minimum atomic E-state index is -2.65. The monoisotopic (exact) mass is 793 g/mol. The summed E-state index contributed by atoms with van der Waals surface area (Å²) in [6.07, 6.45) is 4.57. The molecular formula is C41H44BrN5O3SSi. The van der Waals surface area contributed by atoms with Gasteiger partial charge in [-0.25, -0.2) is 4.98 Å². The molecule has 3 aromatic heterocycles. The predicted octanol–water partition coefficient (Wildman–Crippen LogP) is 7.47. The highest BCUT2D eigenvalue weighted by Gasteiger charge is 2.50. The zero-order chi connectivity index (χ0) is 36.3. The maximum absolute atomic E-state index is 12.8. The fraction of sp³-hybridized carbons (Fsp3) is 0.293. The van der Waals surface area contributed by atoms with E-state index in [4.69, 9.17) is 19.1 Å². The Labute approximate surface area is 318 Å². The molecule has 0 bridgehead atoms. The number of nitrogens with one attached hydrogen (secondary N) is 1. The van der Waals surface area contributed by atoms with Gasteiger partial charge in [-0.15, -0.1) is 11.3 Å². The second-order valence-corrected chi connectivity index (χ2v) is 20.6. The number of benzene rings is 3. The number of thiazole rings is 1. The first kappa shape index (κ1) is 36.2. The van der Waals surface area contributed by atoms with Crippen molar-refractivity contribution in [3.8, 4) is 5.75 Å². The topological polar surface area (TPSA) is 81.0 Å². The van der Waals surface area contributed by atoms with E-state index in [9.17, 15) is 4.79 Å². The average molecular weight is 795 g/mol. The van der Waals surface area contributed by atoms with Gasteiger partial charge in [0.2, 0.25) is 0 Å². The Bertz CT molecular complexity index is 2120. The number of anilines is 1. The van der Waals surface area contributed by atoms with Crippen molar-refractivity contribution in [2.45, 2.75) is 57.4 Å². The van der Waals surface area contributed by atoms with E-state index in [0.717, 1.165) is 36.5 Å². The van der Waals surface area contributed by atoms with E-state index in [1.54, 1.807) is 10.6 Å². The van der Waals surface area contributed by atoms with E-state index in [-0.39, 0.29) is 16.6 Å². The molecule has 4 heterocycles. The van der Waals surface area contributed by atoms with Crippen LogP contribution in [0.5, 0.6) is 5.75 Å². The SMILES string of the molecule is CN1C[C@H](Nc2nc3sccn3c(=O)c2Br)C[C@H](c2ccc(OCc3ccc(CO[Si](c4ccccc4)(c4ccccc4)C(C)(C)C)nc3)cc2)C1. The van der Waals surface area contributed by atoms with Gasteiger partial charge in [0.25, 0.3) is 13.9 Å². The summed E-state index contributed by atoms with van der Waals surface area (Å²) in [5.41, 5.74) is 3.06.